The molecule has 2 unspecified atom stereocenters. The molecule has 1 saturated carbocycles. The van der Waals surface area contributed by atoms with Gasteiger partial charge in [-0.2, -0.15) is 13.2 Å². The molecule has 1 aromatic heterocycles. The molecule has 3 nitrogen and oxygen atoms in total. The van der Waals surface area contributed by atoms with Crippen molar-refractivity contribution in [3.8, 4) is 0 Å². The molecule has 0 bridgehead atoms. The molecule has 0 saturated heterocycles. The van der Waals surface area contributed by atoms with Gasteiger partial charge in [0.15, 0.2) is 0 Å². The van der Waals surface area contributed by atoms with Crippen LogP contribution in [0, 0.1) is 11.8 Å². The molecular formula is C14H20F3N3. The third-order valence-electron chi connectivity index (χ3n) is 3.79. The Hall–Kier alpha value is -1.46. The number of nitrogen functional groups attached to an aromatic ring is 1. The molecule has 0 aliphatic heterocycles. The highest BCUT2D eigenvalue weighted by atomic mass is 19.4. The lowest BCUT2D eigenvalue weighted by atomic mass is 9.82. The van der Waals surface area contributed by atoms with Crippen LogP contribution in [0.2, 0.25) is 0 Å². The average Bonchev–Trinajstić information content (AvgIpc) is 2.35. The van der Waals surface area contributed by atoms with E-state index in [2.05, 4.69) is 17.2 Å². The Morgan fingerprint density at radius 1 is 1.35 bits per heavy atom. The lowest BCUT2D eigenvalue weighted by Crippen LogP contribution is -2.21. The topological polar surface area (TPSA) is 50.9 Å². The fraction of sp³-hybridized carbons (Fsp3) is 0.643. The monoisotopic (exact) mass is 287 g/mol. The first kappa shape index (κ1) is 14.9. The quantitative estimate of drug-likeness (QED) is 0.886. The number of nitrogens with zero attached hydrogens (tertiary/aromatic N) is 1. The van der Waals surface area contributed by atoms with Crippen molar-refractivity contribution in [2.24, 2.45) is 11.8 Å². The number of halogens is 3. The van der Waals surface area contributed by atoms with Crippen LogP contribution in [0.25, 0.3) is 0 Å². The number of hydrogen-bond acceptors (Lipinski definition) is 3. The summed E-state index contributed by atoms with van der Waals surface area (Å²) >= 11 is 0. The summed E-state index contributed by atoms with van der Waals surface area (Å²) in [4.78, 5) is 3.92. The third kappa shape index (κ3) is 4.02. The lowest BCUT2D eigenvalue weighted by molar-refractivity contribution is -0.137. The molecule has 2 atom stereocenters. The van der Waals surface area contributed by atoms with Crippen molar-refractivity contribution in [2.75, 3.05) is 17.6 Å². The van der Waals surface area contributed by atoms with Gasteiger partial charge in [0.2, 0.25) is 0 Å². The number of alkyl halides is 3. The van der Waals surface area contributed by atoms with Gasteiger partial charge >= 0.3 is 6.18 Å². The third-order valence-corrected chi connectivity index (χ3v) is 3.79. The highest BCUT2D eigenvalue weighted by Gasteiger charge is 2.31. The number of anilines is 2. The molecule has 6 heteroatoms. The zero-order valence-corrected chi connectivity index (χ0v) is 11.5. The van der Waals surface area contributed by atoms with E-state index in [9.17, 15) is 13.2 Å². The summed E-state index contributed by atoms with van der Waals surface area (Å²) in [5.41, 5.74) is 4.68. The van der Waals surface area contributed by atoms with Gasteiger partial charge in [-0.25, -0.2) is 4.98 Å². The molecule has 1 fully saturated rings. The van der Waals surface area contributed by atoms with Crippen molar-refractivity contribution in [3.05, 3.63) is 17.7 Å². The summed E-state index contributed by atoms with van der Waals surface area (Å²) in [6.45, 7) is 2.87. The van der Waals surface area contributed by atoms with Gasteiger partial charge < -0.3 is 11.1 Å². The number of nitrogens with one attached hydrogen (secondary N) is 1. The van der Waals surface area contributed by atoms with Crippen LogP contribution in [-0.2, 0) is 6.18 Å². The zero-order chi connectivity index (χ0) is 14.8. The van der Waals surface area contributed by atoms with Crippen molar-refractivity contribution >= 4 is 11.6 Å². The van der Waals surface area contributed by atoms with Gasteiger partial charge in [0.05, 0.1) is 5.56 Å². The molecule has 0 spiro atoms. The van der Waals surface area contributed by atoms with E-state index in [0.29, 0.717) is 18.4 Å². The molecule has 1 aliphatic rings. The minimum absolute atomic E-state index is 0.112. The fourth-order valence-corrected chi connectivity index (χ4v) is 2.80. The van der Waals surface area contributed by atoms with Gasteiger partial charge in [0.25, 0.3) is 0 Å². The van der Waals surface area contributed by atoms with Crippen LogP contribution in [0.1, 0.15) is 38.2 Å². The maximum absolute atomic E-state index is 12.7. The predicted octanol–water partition coefficient (Wildman–Crippen LogP) is 3.92. The Bertz CT molecular complexity index is 459. The molecule has 3 N–H and O–H groups in total. The molecule has 1 heterocycles. The van der Waals surface area contributed by atoms with Crippen molar-refractivity contribution in [2.45, 2.75) is 38.8 Å². The van der Waals surface area contributed by atoms with E-state index in [0.717, 1.165) is 25.0 Å². The Labute approximate surface area is 116 Å². The molecule has 2 rings (SSSR count). The van der Waals surface area contributed by atoms with E-state index in [4.69, 9.17) is 5.73 Å². The fourth-order valence-electron chi connectivity index (χ4n) is 2.80. The highest BCUT2D eigenvalue weighted by Crippen LogP contribution is 2.32. The molecule has 0 aromatic carbocycles. The van der Waals surface area contributed by atoms with E-state index in [-0.39, 0.29) is 11.6 Å². The van der Waals surface area contributed by atoms with Crippen LogP contribution in [0.3, 0.4) is 0 Å². The van der Waals surface area contributed by atoms with E-state index in [1.807, 2.05) is 0 Å². The van der Waals surface area contributed by atoms with Gasteiger partial charge in [-0.15, -0.1) is 0 Å². The highest BCUT2D eigenvalue weighted by molar-refractivity contribution is 5.47. The summed E-state index contributed by atoms with van der Waals surface area (Å²) in [5.74, 6) is 1.28. The van der Waals surface area contributed by atoms with Crippen LogP contribution in [0.15, 0.2) is 12.1 Å². The van der Waals surface area contributed by atoms with Gasteiger partial charge in [-0.1, -0.05) is 19.8 Å². The largest absolute Gasteiger partial charge is 0.416 e. The first-order valence-corrected chi connectivity index (χ1v) is 6.93. The van der Waals surface area contributed by atoms with E-state index < -0.39 is 11.7 Å². The molecule has 0 radical (unpaired) electrons. The predicted molar refractivity (Wildman–Crippen MR) is 73.3 cm³/mol. The lowest BCUT2D eigenvalue weighted by Gasteiger charge is -2.27. The molecule has 1 aliphatic carbocycles. The number of aromatic nitrogens is 1. The Balaban J connectivity index is 2.00. The second-order valence-electron chi connectivity index (χ2n) is 5.68. The molecule has 112 valence electrons. The Kier molecular flexibility index (Phi) is 4.40. The summed E-state index contributed by atoms with van der Waals surface area (Å²) in [5, 5.41) is 3.00. The minimum Gasteiger partial charge on any atom is -0.384 e. The number of rotatable bonds is 3. The molecule has 20 heavy (non-hydrogen) atoms. The van der Waals surface area contributed by atoms with Gasteiger partial charge in [0.1, 0.15) is 11.6 Å². The number of pyridine rings is 1. The van der Waals surface area contributed by atoms with Gasteiger partial charge in [0, 0.05) is 6.54 Å². The SMILES string of the molecule is CC1CCCC(CNc2cc(C(F)(F)F)cc(N)n2)C1. The van der Waals surface area contributed by atoms with Crippen molar-refractivity contribution in [1.82, 2.24) is 4.98 Å². The number of hydrogen-bond donors (Lipinski definition) is 2. The summed E-state index contributed by atoms with van der Waals surface area (Å²) in [6, 6.07) is 1.87. The van der Waals surface area contributed by atoms with E-state index >= 15 is 0 Å². The second-order valence-corrected chi connectivity index (χ2v) is 5.68. The molecule has 0 amide bonds. The normalized spacial score (nSPS) is 23.6. The Morgan fingerprint density at radius 3 is 2.75 bits per heavy atom. The second kappa shape index (κ2) is 5.89. The summed E-state index contributed by atoms with van der Waals surface area (Å²) in [6.07, 6.45) is 0.261. The minimum atomic E-state index is -4.40. The van der Waals surface area contributed by atoms with Crippen LogP contribution in [0.5, 0.6) is 0 Å². The van der Waals surface area contributed by atoms with Crippen molar-refractivity contribution < 1.29 is 13.2 Å². The molecule has 1 aromatic rings. The van der Waals surface area contributed by atoms with Crippen molar-refractivity contribution in [3.63, 3.8) is 0 Å². The first-order chi connectivity index (χ1) is 9.34. The van der Waals surface area contributed by atoms with Gasteiger partial charge in [-0.3, -0.25) is 0 Å². The first-order valence-electron chi connectivity index (χ1n) is 6.93. The zero-order valence-electron chi connectivity index (χ0n) is 11.5. The van der Waals surface area contributed by atoms with Crippen LogP contribution in [0.4, 0.5) is 24.8 Å². The average molecular weight is 287 g/mol. The van der Waals surface area contributed by atoms with Crippen LogP contribution < -0.4 is 11.1 Å². The standard InChI is InChI=1S/C14H20F3N3/c1-9-3-2-4-10(5-9)8-19-13-7-11(14(15,16)17)6-12(18)20-13/h6-7,9-10H,2-5,8H2,1H3,(H3,18,19,20). The maximum atomic E-state index is 12.7. The summed E-state index contributed by atoms with van der Waals surface area (Å²) in [7, 11) is 0. The van der Waals surface area contributed by atoms with Crippen molar-refractivity contribution in [1.29, 1.82) is 0 Å². The Morgan fingerprint density at radius 2 is 2.10 bits per heavy atom. The smallest absolute Gasteiger partial charge is 0.384 e. The number of nitrogens with two attached hydrogens (primary N) is 1. The maximum Gasteiger partial charge on any atom is 0.416 e. The summed E-state index contributed by atoms with van der Waals surface area (Å²) < 4.78 is 38.0. The van der Waals surface area contributed by atoms with E-state index in [1.54, 1.807) is 0 Å². The van der Waals surface area contributed by atoms with Crippen LogP contribution in [-0.4, -0.2) is 11.5 Å². The van der Waals surface area contributed by atoms with E-state index in [1.165, 1.54) is 12.8 Å². The van der Waals surface area contributed by atoms with Gasteiger partial charge in [-0.05, 0) is 36.8 Å². The van der Waals surface area contributed by atoms with Crippen LogP contribution >= 0.6 is 0 Å². The molecular weight excluding hydrogens is 267 g/mol.